The Kier molecular flexibility index (Phi) is 7.44. The van der Waals surface area contributed by atoms with Crippen LogP contribution < -0.4 is 9.47 Å². The Hall–Kier alpha value is -3.17. The highest BCUT2D eigenvalue weighted by Gasteiger charge is 2.66. The molecular weight excluding hydrogens is 541 g/mol. The van der Waals surface area contributed by atoms with Crippen molar-refractivity contribution in [3.05, 3.63) is 95.6 Å². The summed E-state index contributed by atoms with van der Waals surface area (Å²) in [5, 5.41) is 0. The summed E-state index contributed by atoms with van der Waals surface area (Å²) in [6.45, 7) is 0.123. The number of hydrogen-bond acceptors (Lipinski definition) is 4. The van der Waals surface area contributed by atoms with E-state index in [1.165, 1.54) is 17.7 Å². The lowest BCUT2D eigenvalue weighted by Crippen LogP contribution is -2.63. The van der Waals surface area contributed by atoms with Gasteiger partial charge in [-0.25, -0.2) is 8.78 Å². The molecular formula is C32H32F5NO3. The number of ether oxygens (including phenoxy) is 3. The van der Waals surface area contributed by atoms with Crippen LogP contribution in [0.15, 0.2) is 78.9 Å². The predicted octanol–water partition coefficient (Wildman–Crippen LogP) is 7.83. The number of nitrogens with zero attached hydrogens (tertiary/aromatic N) is 1. The predicted molar refractivity (Wildman–Crippen MR) is 143 cm³/mol. The van der Waals surface area contributed by atoms with E-state index in [4.69, 9.17) is 9.47 Å². The lowest BCUT2D eigenvalue weighted by Gasteiger charge is -2.56. The lowest BCUT2D eigenvalue weighted by atomic mass is 9.66. The summed E-state index contributed by atoms with van der Waals surface area (Å²) >= 11 is 0. The van der Waals surface area contributed by atoms with Gasteiger partial charge >= 0.3 is 6.36 Å². The van der Waals surface area contributed by atoms with Crippen LogP contribution in [0.1, 0.15) is 54.7 Å². The first-order chi connectivity index (χ1) is 19.7. The van der Waals surface area contributed by atoms with Crippen LogP contribution in [0, 0.1) is 0 Å². The van der Waals surface area contributed by atoms with Gasteiger partial charge in [-0.05, 0) is 61.4 Å². The van der Waals surface area contributed by atoms with Crippen molar-refractivity contribution in [1.29, 1.82) is 0 Å². The summed E-state index contributed by atoms with van der Waals surface area (Å²) in [6, 6.07) is 24.6. The van der Waals surface area contributed by atoms with Gasteiger partial charge in [0.25, 0.3) is 6.43 Å². The smallest absolute Gasteiger partial charge is 0.487 e. The van der Waals surface area contributed by atoms with Crippen LogP contribution >= 0.6 is 0 Å². The second-order valence-electron chi connectivity index (χ2n) is 11.2. The first-order valence-electron chi connectivity index (χ1n) is 14.0. The molecule has 0 N–H and O–H groups in total. The van der Waals surface area contributed by atoms with Crippen molar-refractivity contribution >= 4 is 0 Å². The average molecular weight is 574 g/mol. The van der Waals surface area contributed by atoms with Crippen LogP contribution in [0.4, 0.5) is 22.0 Å². The fourth-order valence-corrected chi connectivity index (χ4v) is 7.48. The summed E-state index contributed by atoms with van der Waals surface area (Å²) in [6.07, 6.45) is -3.47. The first-order valence-corrected chi connectivity index (χ1v) is 14.0. The number of hydrogen-bond donors (Lipinski definition) is 0. The molecule has 3 saturated heterocycles. The van der Waals surface area contributed by atoms with Crippen molar-refractivity contribution in [2.75, 3.05) is 13.2 Å². The Morgan fingerprint density at radius 1 is 0.927 bits per heavy atom. The van der Waals surface area contributed by atoms with E-state index in [1.807, 2.05) is 36.4 Å². The Morgan fingerprint density at radius 2 is 1.63 bits per heavy atom. The standard InChI is InChI=1S/C32H32F5NO3/c33-29(34)21-39-28-12-11-26(41-32(35,36)37)17-27(28)23-18-30(40-20-23)15-13-25-14-16-31(30,24-9-5-2-6-10-24)38(25)19-22-7-3-1-4-8-22/h1-12,17,23,25,29H,13-16,18-21H2. The SMILES string of the molecule is FC(F)COc1ccc(OC(F)(F)F)cc1C1COC2(CCC3CCC2(c2ccccc2)N3Cc2ccccc2)C1. The Balaban J connectivity index is 1.39. The molecule has 3 fully saturated rings. The molecule has 4 atom stereocenters. The largest absolute Gasteiger partial charge is 0.573 e. The molecule has 6 rings (SSSR count). The molecule has 0 radical (unpaired) electrons. The van der Waals surface area contributed by atoms with Gasteiger partial charge in [0.15, 0.2) is 0 Å². The molecule has 3 aromatic carbocycles. The topological polar surface area (TPSA) is 30.9 Å². The van der Waals surface area contributed by atoms with Gasteiger partial charge in [0, 0.05) is 24.1 Å². The molecule has 218 valence electrons. The van der Waals surface area contributed by atoms with Crippen molar-refractivity contribution in [3.63, 3.8) is 0 Å². The number of benzene rings is 3. The van der Waals surface area contributed by atoms with E-state index in [9.17, 15) is 22.0 Å². The molecule has 0 saturated carbocycles. The van der Waals surface area contributed by atoms with Crippen LogP contribution in [0.2, 0.25) is 0 Å². The Bertz CT molecular complexity index is 1340. The Morgan fingerprint density at radius 3 is 2.34 bits per heavy atom. The van der Waals surface area contributed by atoms with Gasteiger partial charge in [0.05, 0.1) is 17.7 Å². The van der Waals surface area contributed by atoms with Crippen molar-refractivity contribution in [1.82, 2.24) is 4.90 Å². The number of rotatable bonds is 8. The number of alkyl halides is 5. The fraction of sp³-hybridized carbons (Fsp3) is 0.438. The van der Waals surface area contributed by atoms with Gasteiger partial charge in [0.1, 0.15) is 18.1 Å². The molecule has 2 bridgehead atoms. The Labute approximate surface area is 236 Å². The minimum absolute atomic E-state index is 0.125. The van der Waals surface area contributed by atoms with Crippen LogP contribution in [0.25, 0.3) is 0 Å². The molecule has 3 aromatic rings. The quantitative estimate of drug-likeness (QED) is 0.257. The van der Waals surface area contributed by atoms with E-state index < -0.39 is 36.3 Å². The lowest BCUT2D eigenvalue weighted by molar-refractivity contribution is -0.274. The van der Waals surface area contributed by atoms with E-state index in [-0.39, 0.29) is 18.3 Å². The van der Waals surface area contributed by atoms with Crippen LogP contribution in [-0.4, -0.2) is 42.5 Å². The van der Waals surface area contributed by atoms with Crippen molar-refractivity contribution in [3.8, 4) is 11.5 Å². The molecule has 3 aliphatic heterocycles. The van der Waals surface area contributed by atoms with Crippen LogP contribution in [-0.2, 0) is 16.8 Å². The second kappa shape index (κ2) is 10.9. The van der Waals surface area contributed by atoms with Crippen LogP contribution in [0.5, 0.6) is 11.5 Å². The highest BCUT2D eigenvalue weighted by molar-refractivity contribution is 5.45. The number of piperidine rings is 1. The zero-order valence-corrected chi connectivity index (χ0v) is 22.5. The van der Waals surface area contributed by atoms with Gasteiger partial charge < -0.3 is 14.2 Å². The highest BCUT2D eigenvalue weighted by atomic mass is 19.4. The molecule has 41 heavy (non-hydrogen) atoms. The van der Waals surface area contributed by atoms with E-state index in [1.54, 1.807) is 0 Å². The second-order valence-corrected chi connectivity index (χ2v) is 11.2. The van der Waals surface area contributed by atoms with Gasteiger partial charge in [-0.2, -0.15) is 0 Å². The third kappa shape index (κ3) is 5.30. The molecule has 0 aliphatic carbocycles. The average Bonchev–Trinajstić information content (AvgIpc) is 3.49. The summed E-state index contributed by atoms with van der Waals surface area (Å²) in [5.41, 5.74) is 1.67. The van der Waals surface area contributed by atoms with Crippen molar-refractivity contribution in [2.45, 2.75) is 74.5 Å². The zero-order chi connectivity index (χ0) is 28.7. The zero-order valence-electron chi connectivity index (χ0n) is 22.5. The minimum Gasteiger partial charge on any atom is -0.487 e. The normalized spacial score (nSPS) is 28.0. The maximum Gasteiger partial charge on any atom is 0.573 e. The monoisotopic (exact) mass is 573 g/mol. The van der Waals surface area contributed by atoms with E-state index in [0.717, 1.165) is 43.9 Å². The minimum atomic E-state index is -4.88. The molecule has 9 heteroatoms. The summed E-state index contributed by atoms with van der Waals surface area (Å²) in [4.78, 5) is 2.57. The first kappa shape index (κ1) is 28.0. The molecule has 3 heterocycles. The highest BCUT2D eigenvalue weighted by Crippen LogP contribution is 2.62. The third-order valence-electron chi connectivity index (χ3n) is 9.01. The van der Waals surface area contributed by atoms with E-state index >= 15 is 0 Å². The maximum atomic E-state index is 13.1. The molecule has 4 nitrogen and oxygen atoms in total. The van der Waals surface area contributed by atoms with Gasteiger partial charge in [-0.1, -0.05) is 60.7 Å². The van der Waals surface area contributed by atoms with Crippen molar-refractivity contribution in [2.24, 2.45) is 0 Å². The van der Waals surface area contributed by atoms with Gasteiger partial charge in [0.2, 0.25) is 0 Å². The molecule has 3 aliphatic rings. The summed E-state index contributed by atoms with van der Waals surface area (Å²) in [7, 11) is 0. The molecule has 0 amide bonds. The number of fused-ring (bicyclic) bond motifs is 3. The van der Waals surface area contributed by atoms with Gasteiger partial charge in [-0.15, -0.1) is 13.2 Å². The molecule has 1 spiro atoms. The molecule has 0 aromatic heterocycles. The van der Waals surface area contributed by atoms with Gasteiger partial charge in [-0.3, -0.25) is 4.90 Å². The summed E-state index contributed by atoms with van der Waals surface area (Å²) in [5.74, 6) is -0.651. The van der Waals surface area contributed by atoms with E-state index in [2.05, 4.69) is 33.9 Å². The van der Waals surface area contributed by atoms with Crippen LogP contribution in [0.3, 0.4) is 0 Å². The third-order valence-corrected chi connectivity index (χ3v) is 9.01. The summed E-state index contributed by atoms with van der Waals surface area (Å²) < 4.78 is 81.7. The van der Waals surface area contributed by atoms with Crippen molar-refractivity contribution < 1.29 is 36.2 Å². The van der Waals surface area contributed by atoms with E-state index in [0.29, 0.717) is 18.0 Å². The maximum absolute atomic E-state index is 13.1. The number of halogens is 5. The molecule has 4 unspecified atom stereocenters. The fourth-order valence-electron chi connectivity index (χ4n) is 7.48.